The maximum absolute atomic E-state index is 9.61. The Hall–Kier alpha value is -0.0800. The zero-order valence-electron chi connectivity index (χ0n) is 7.00. The predicted molar refractivity (Wildman–Crippen MR) is 44.5 cm³/mol. The molecule has 0 aromatic heterocycles. The van der Waals surface area contributed by atoms with E-state index in [1.165, 1.54) is 32.2 Å². The van der Waals surface area contributed by atoms with Gasteiger partial charge in [0.05, 0.1) is 6.10 Å². The minimum atomic E-state index is -0.0203. The standard InChI is InChI=1S/C9H17NO/c11-9-5-7-10-6-3-1-2-4-8(9)10/h8-9,11H,1-7H2. The van der Waals surface area contributed by atoms with Gasteiger partial charge in [-0.1, -0.05) is 12.8 Å². The highest BCUT2D eigenvalue weighted by Gasteiger charge is 2.32. The zero-order valence-corrected chi connectivity index (χ0v) is 7.00. The third-order valence-corrected chi connectivity index (χ3v) is 3.07. The first-order valence-electron chi connectivity index (χ1n) is 4.80. The minimum Gasteiger partial charge on any atom is -0.391 e. The van der Waals surface area contributed by atoms with E-state index in [4.69, 9.17) is 0 Å². The van der Waals surface area contributed by atoms with Crippen LogP contribution in [-0.2, 0) is 0 Å². The summed E-state index contributed by atoms with van der Waals surface area (Å²) in [5.74, 6) is 0. The van der Waals surface area contributed by atoms with E-state index in [0.717, 1.165) is 13.0 Å². The lowest BCUT2D eigenvalue weighted by atomic mass is 10.1. The molecule has 0 radical (unpaired) electrons. The third kappa shape index (κ3) is 1.42. The summed E-state index contributed by atoms with van der Waals surface area (Å²) in [6.07, 6.45) is 6.22. The van der Waals surface area contributed by atoms with Crippen molar-refractivity contribution in [3.8, 4) is 0 Å². The fourth-order valence-corrected chi connectivity index (χ4v) is 2.40. The lowest BCUT2D eigenvalue weighted by Gasteiger charge is -2.22. The van der Waals surface area contributed by atoms with Crippen LogP contribution in [0.2, 0.25) is 0 Å². The van der Waals surface area contributed by atoms with E-state index in [1.807, 2.05) is 0 Å². The van der Waals surface area contributed by atoms with Crippen LogP contribution in [0.4, 0.5) is 0 Å². The van der Waals surface area contributed by atoms with Gasteiger partial charge < -0.3 is 5.11 Å². The topological polar surface area (TPSA) is 23.5 Å². The summed E-state index contributed by atoms with van der Waals surface area (Å²) >= 11 is 0. The van der Waals surface area contributed by atoms with Gasteiger partial charge in [-0.25, -0.2) is 0 Å². The van der Waals surface area contributed by atoms with Gasteiger partial charge in [0, 0.05) is 12.6 Å². The smallest absolute Gasteiger partial charge is 0.0707 e. The number of hydrogen-bond donors (Lipinski definition) is 1. The van der Waals surface area contributed by atoms with Crippen molar-refractivity contribution in [1.82, 2.24) is 4.90 Å². The molecule has 2 aliphatic rings. The van der Waals surface area contributed by atoms with Crippen molar-refractivity contribution in [3.05, 3.63) is 0 Å². The van der Waals surface area contributed by atoms with Crippen molar-refractivity contribution in [2.75, 3.05) is 13.1 Å². The molecule has 0 bridgehead atoms. The van der Waals surface area contributed by atoms with E-state index in [0.29, 0.717) is 6.04 Å². The molecule has 2 saturated heterocycles. The Kier molecular flexibility index (Phi) is 2.14. The molecule has 2 atom stereocenters. The fourth-order valence-electron chi connectivity index (χ4n) is 2.40. The SMILES string of the molecule is OC1CCN2CCCCCC12. The van der Waals surface area contributed by atoms with Crippen LogP contribution in [0.3, 0.4) is 0 Å². The van der Waals surface area contributed by atoms with E-state index in [9.17, 15) is 5.11 Å². The first-order valence-corrected chi connectivity index (χ1v) is 4.80. The Morgan fingerprint density at radius 2 is 1.91 bits per heavy atom. The van der Waals surface area contributed by atoms with Crippen LogP contribution in [0.1, 0.15) is 32.1 Å². The normalized spacial score (nSPS) is 40.1. The van der Waals surface area contributed by atoms with E-state index in [-0.39, 0.29) is 6.10 Å². The lowest BCUT2D eigenvalue weighted by Crippen LogP contribution is -2.34. The molecule has 0 amide bonds. The van der Waals surface area contributed by atoms with Crippen molar-refractivity contribution in [2.24, 2.45) is 0 Å². The van der Waals surface area contributed by atoms with Gasteiger partial charge in [0.25, 0.3) is 0 Å². The summed E-state index contributed by atoms with van der Waals surface area (Å²) in [5, 5.41) is 9.61. The molecule has 2 fully saturated rings. The molecule has 0 aromatic rings. The number of aliphatic hydroxyl groups excluding tert-OH is 1. The molecule has 0 aromatic carbocycles. The Morgan fingerprint density at radius 3 is 2.82 bits per heavy atom. The van der Waals surface area contributed by atoms with Crippen LogP contribution in [-0.4, -0.2) is 35.2 Å². The number of nitrogens with zero attached hydrogens (tertiary/aromatic N) is 1. The second-order valence-corrected chi connectivity index (χ2v) is 3.81. The van der Waals surface area contributed by atoms with Gasteiger partial charge in [-0.3, -0.25) is 4.90 Å². The molecule has 0 aliphatic carbocycles. The number of fused-ring (bicyclic) bond motifs is 1. The van der Waals surface area contributed by atoms with Crippen LogP contribution in [0.25, 0.3) is 0 Å². The average molecular weight is 155 g/mol. The van der Waals surface area contributed by atoms with Crippen molar-refractivity contribution in [3.63, 3.8) is 0 Å². The summed E-state index contributed by atoms with van der Waals surface area (Å²) in [7, 11) is 0. The average Bonchev–Trinajstić information content (AvgIpc) is 2.25. The van der Waals surface area contributed by atoms with E-state index < -0.39 is 0 Å². The van der Waals surface area contributed by atoms with Gasteiger partial charge in [-0.2, -0.15) is 0 Å². The molecule has 0 saturated carbocycles. The van der Waals surface area contributed by atoms with Gasteiger partial charge in [-0.15, -0.1) is 0 Å². The van der Waals surface area contributed by atoms with Gasteiger partial charge in [0.15, 0.2) is 0 Å². The molecule has 2 rings (SSSR count). The Bertz CT molecular complexity index is 138. The van der Waals surface area contributed by atoms with Crippen LogP contribution in [0.5, 0.6) is 0 Å². The van der Waals surface area contributed by atoms with Gasteiger partial charge >= 0.3 is 0 Å². The second-order valence-electron chi connectivity index (χ2n) is 3.81. The maximum atomic E-state index is 9.61. The molecule has 2 nitrogen and oxygen atoms in total. The lowest BCUT2D eigenvalue weighted by molar-refractivity contribution is 0.116. The van der Waals surface area contributed by atoms with Gasteiger partial charge in [0.1, 0.15) is 0 Å². The molecular formula is C9H17NO. The third-order valence-electron chi connectivity index (χ3n) is 3.07. The van der Waals surface area contributed by atoms with E-state index in [1.54, 1.807) is 0 Å². The van der Waals surface area contributed by atoms with Gasteiger partial charge in [-0.05, 0) is 25.8 Å². The molecule has 2 heterocycles. The summed E-state index contributed by atoms with van der Waals surface area (Å²) in [5.41, 5.74) is 0. The monoisotopic (exact) mass is 155 g/mol. The zero-order chi connectivity index (χ0) is 7.68. The first kappa shape index (κ1) is 7.56. The molecule has 11 heavy (non-hydrogen) atoms. The highest BCUT2D eigenvalue weighted by molar-refractivity contribution is 4.87. The molecule has 64 valence electrons. The molecule has 2 aliphatic heterocycles. The highest BCUT2D eigenvalue weighted by Crippen LogP contribution is 2.25. The molecule has 2 unspecified atom stereocenters. The first-order chi connectivity index (χ1) is 5.38. The molecular weight excluding hydrogens is 138 g/mol. The summed E-state index contributed by atoms with van der Waals surface area (Å²) < 4.78 is 0. The van der Waals surface area contributed by atoms with Crippen molar-refractivity contribution >= 4 is 0 Å². The van der Waals surface area contributed by atoms with Crippen molar-refractivity contribution in [2.45, 2.75) is 44.2 Å². The van der Waals surface area contributed by atoms with E-state index >= 15 is 0 Å². The van der Waals surface area contributed by atoms with Gasteiger partial charge in [0.2, 0.25) is 0 Å². The maximum Gasteiger partial charge on any atom is 0.0707 e. The Labute approximate surface area is 68.2 Å². The van der Waals surface area contributed by atoms with Crippen LogP contribution in [0.15, 0.2) is 0 Å². The number of rotatable bonds is 0. The molecule has 2 heteroatoms. The Morgan fingerprint density at radius 1 is 1.00 bits per heavy atom. The molecule has 0 spiro atoms. The van der Waals surface area contributed by atoms with Crippen molar-refractivity contribution in [1.29, 1.82) is 0 Å². The summed E-state index contributed by atoms with van der Waals surface area (Å²) in [4.78, 5) is 2.47. The second kappa shape index (κ2) is 3.11. The van der Waals surface area contributed by atoms with Crippen LogP contribution >= 0.6 is 0 Å². The largest absolute Gasteiger partial charge is 0.391 e. The number of aliphatic hydroxyl groups is 1. The predicted octanol–water partition coefficient (Wildman–Crippen LogP) is 0.996. The number of hydrogen-bond acceptors (Lipinski definition) is 2. The van der Waals surface area contributed by atoms with E-state index in [2.05, 4.69) is 4.90 Å². The highest BCUT2D eigenvalue weighted by atomic mass is 16.3. The minimum absolute atomic E-state index is 0.0203. The van der Waals surface area contributed by atoms with Crippen LogP contribution < -0.4 is 0 Å². The summed E-state index contributed by atoms with van der Waals surface area (Å²) in [6, 6.07) is 0.512. The summed E-state index contributed by atoms with van der Waals surface area (Å²) in [6.45, 7) is 2.35. The van der Waals surface area contributed by atoms with Crippen molar-refractivity contribution < 1.29 is 5.11 Å². The fraction of sp³-hybridized carbons (Fsp3) is 1.00. The molecule has 1 N–H and O–H groups in total. The quantitative estimate of drug-likeness (QED) is 0.564. The Balaban J connectivity index is 2.00. The van der Waals surface area contributed by atoms with Crippen LogP contribution in [0, 0.1) is 0 Å².